The van der Waals surface area contributed by atoms with Gasteiger partial charge in [-0.25, -0.2) is 0 Å². The van der Waals surface area contributed by atoms with Crippen LogP contribution in [0.3, 0.4) is 0 Å². The van der Waals surface area contributed by atoms with Crippen LogP contribution in [0.25, 0.3) is 0 Å². The number of piperidine rings is 1. The van der Waals surface area contributed by atoms with Crippen molar-refractivity contribution in [1.82, 2.24) is 9.80 Å². The number of nitrogens with zero attached hydrogens (tertiary/aromatic N) is 2. The Bertz CT molecular complexity index is 505. The Balaban J connectivity index is 1.41. The van der Waals surface area contributed by atoms with Gasteiger partial charge in [-0.2, -0.15) is 0 Å². The molecule has 2 aliphatic rings. The average molecular weight is 345 g/mol. The first-order valence-electron chi connectivity index (χ1n) is 10.4. The lowest BCUT2D eigenvalue weighted by molar-refractivity contribution is 0.101. The number of aliphatic hydroxyl groups excluding tert-OH is 1. The Morgan fingerprint density at radius 1 is 1.08 bits per heavy atom. The number of likely N-dealkylation sites (tertiary alicyclic amines) is 1. The molecular weight excluding hydrogens is 308 g/mol. The summed E-state index contributed by atoms with van der Waals surface area (Å²) in [5.41, 5.74) is 2.92. The van der Waals surface area contributed by atoms with E-state index in [0.29, 0.717) is 6.61 Å². The summed E-state index contributed by atoms with van der Waals surface area (Å²) in [5, 5.41) is 9.42. The standard InChI is InChI=1S/C22H36N2O/c1-19-6-2-3-7-21(19)12-15-23-13-10-20(11-14-23)18-24(16-17-25)22-8-4-5-9-22/h2-3,6-7,20,22,25H,4-5,8-18H2,1H3. The van der Waals surface area contributed by atoms with Crippen molar-refractivity contribution in [2.45, 2.75) is 57.9 Å². The van der Waals surface area contributed by atoms with Gasteiger partial charge in [0, 0.05) is 25.7 Å². The van der Waals surface area contributed by atoms with Crippen LogP contribution in [-0.4, -0.2) is 60.3 Å². The Morgan fingerprint density at radius 2 is 1.80 bits per heavy atom. The Morgan fingerprint density at radius 3 is 2.48 bits per heavy atom. The number of aliphatic hydroxyl groups is 1. The first-order valence-corrected chi connectivity index (χ1v) is 10.4. The van der Waals surface area contributed by atoms with Gasteiger partial charge in [-0.3, -0.25) is 4.90 Å². The van der Waals surface area contributed by atoms with Crippen LogP contribution >= 0.6 is 0 Å². The van der Waals surface area contributed by atoms with Gasteiger partial charge in [0.05, 0.1) is 6.61 Å². The fourth-order valence-electron chi connectivity index (χ4n) is 4.71. The molecule has 3 heteroatoms. The fourth-order valence-corrected chi connectivity index (χ4v) is 4.71. The van der Waals surface area contributed by atoms with Crippen molar-refractivity contribution < 1.29 is 5.11 Å². The number of hydrogen-bond acceptors (Lipinski definition) is 3. The van der Waals surface area contributed by atoms with Crippen molar-refractivity contribution in [2.75, 3.05) is 39.3 Å². The molecule has 25 heavy (non-hydrogen) atoms. The third kappa shape index (κ3) is 5.54. The van der Waals surface area contributed by atoms with Crippen LogP contribution in [-0.2, 0) is 6.42 Å². The smallest absolute Gasteiger partial charge is 0.0558 e. The quantitative estimate of drug-likeness (QED) is 0.782. The molecule has 1 aromatic carbocycles. The Kier molecular flexibility index (Phi) is 7.33. The normalized spacial score (nSPS) is 20.6. The van der Waals surface area contributed by atoms with E-state index >= 15 is 0 Å². The highest BCUT2D eigenvalue weighted by atomic mass is 16.3. The van der Waals surface area contributed by atoms with Crippen LogP contribution in [0.4, 0.5) is 0 Å². The number of aryl methyl sites for hydroxylation is 1. The summed E-state index contributed by atoms with van der Waals surface area (Å²) in [6, 6.07) is 9.53. The molecular formula is C22H36N2O. The summed E-state index contributed by atoms with van der Waals surface area (Å²) >= 11 is 0. The molecule has 1 aliphatic heterocycles. The highest BCUT2D eigenvalue weighted by Gasteiger charge is 2.26. The molecule has 0 atom stereocenters. The average Bonchev–Trinajstić information content (AvgIpc) is 3.16. The van der Waals surface area contributed by atoms with E-state index < -0.39 is 0 Å². The molecule has 3 nitrogen and oxygen atoms in total. The van der Waals surface area contributed by atoms with Crippen molar-refractivity contribution in [3.63, 3.8) is 0 Å². The molecule has 140 valence electrons. The zero-order valence-electron chi connectivity index (χ0n) is 16.0. The first-order chi connectivity index (χ1) is 12.3. The largest absolute Gasteiger partial charge is 0.395 e. The third-order valence-corrected chi connectivity index (χ3v) is 6.39. The zero-order chi connectivity index (χ0) is 17.5. The van der Waals surface area contributed by atoms with Crippen LogP contribution in [0.1, 0.15) is 49.7 Å². The van der Waals surface area contributed by atoms with Gasteiger partial charge in [0.1, 0.15) is 0 Å². The Labute approximate surface area is 154 Å². The molecule has 1 N–H and O–H groups in total. The fraction of sp³-hybridized carbons (Fsp3) is 0.727. The summed E-state index contributed by atoms with van der Waals surface area (Å²) < 4.78 is 0. The molecule has 1 aromatic rings. The van der Waals surface area contributed by atoms with E-state index in [1.807, 2.05) is 0 Å². The molecule has 3 rings (SSSR count). The lowest BCUT2D eigenvalue weighted by Crippen LogP contribution is -2.43. The lowest BCUT2D eigenvalue weighted by Gasteiger charge is -2.37. The van der Waals surface area contributed by atoms with Gasteiger partial charge in [0.25, 0.3) is 0 Å². The minimum atomic E-state index is 0.311. The van der Waals surface area contributed by atoms with Crippen LogP contribution in [0, 0.1) is 12.8 Å². The maximum atomic E-state index is 9.42. The monoisotopic (exact) mass is 344 g/mol. The van der Waals surface area contributed by atoms with Gasteiger partial charge < -0.3 is 10.0 Å². The van der Waals surface area contributed by atoms with E-state index in [1.165, 1.54) is 82.3 Å². The highest BCUT2D eigenvalue weighted by molar-refractivity contribution is 5.25. The summed E-state index contributed by atoms with van der Waals surface area (Å²) in [4.78, 5) is 5.25. The SMILES string of the molecule is Cc1ccccc1CCN1CCC(CN(CCO)C2CCCC2)CC1. The Hall–Kier alpha value is -0.900. The van der Waals surface area contributed by atoms with E-state index in [0.717, 1.165) is 18.5 Å². The summed E-state index contributed by atoms with van der Waals surface area (Å²) in [6.45, 7) is 8.30. The molecule has 0 unspecified atom stereocenters. The van der Waals surface area contributed by atoms with Crippen LogP contribution < -0.4 is 0 Å². The predicted molar refractivity (Wildman–Crippen MR) is 105 cm³/mol. The molecule has 1 heterocycles. The predicted octanol–water partition coefficient (Wildman–Crippen LogP) is 3.49. The van der Waals surface area contributed by atoms with Gasteiger partial charge in [0.15, 0.2) is 0 Å². The van der Waals surface area contributed by atoms with Crippen LogP contribution in [0.2, 0.25) is 0 Å². The van der Waals surface area contributed by atoms with E-state index in [-0.39, 0.29) is 0 Å². The van der Waals surface area contributed by atoms with Gasteiger partial charge in [0.2, 0.25) is 0 Å². The first kappa shape index (κ1) is 18.9. The maximum absolute atomic E-state index is 9.42. The van der Waals surface area contributed by atoms with Crippen molar-refractivity contribution in [1.29, 1.82) is 0 Å². The maximum Gasteiger partial charge on any atom is 0.0558 e. The lowest BCUT2D eigenvalue weighted by atomic mass is 9.95. The van der Waals surface area contributed by atoms with Crippen molar-refractivity contribution >= 4 is 0 Å². The van der Waals surface area contributed by atoms with Gasteiger partial charge in [-0.05, 0) is 69.2 Å². The van der Waals surface area contributed by atoms with Crippen LogP contribution in [0.5, 0.6) is 0 Å². The second-order valence-corrected chi connectivity index (χ2v) is 8.12. The molecule has 1 saturated carbocycles. The van der Waals surface area contributed by atoms with Crippen molar-refractivity contribution in [3.8, 4) is 0 Å². The molecule has 1 saturated heterocycles. The van der Waals surface area contributed by atoms with Crippen LogP contribution in [0.15, 0.2) is 24.3 Å². The van der Waals surface area contributed by atoms with Gasteiger partial charge in [-0.15, -0.1) is 0 Å². The molecule has 0 spiro atoms. The minimum Gasteiger partial charge on any atom is -0.395 e. The van der Waals surface area contributed by atoms with Gasteiger partial charge in [-0.1, -0.05) is 37.1 Å². The molecule has 1 aliphatic carbocycles. The number of hydrogen-bond donors (Lipinski definition) is 1. The number of rotatable bonds is 8. The number of benzene rings is 1. The second kappa shape index (κ2) is 9.70. The molecule has 0 amide bonds. The topological polar surface area (TPSA) is 26.7 Å². The molecule has 0 bridgehead atoms. The van der Waals surface area contributed by atoms with Crippen molar-refractivity contribution in [2.24, 2.45) is 5.92 Å². The third-order valence-electron chi connectivity index (χ3n) is 6.39. The summed E-state index contributed by atoms with van der Waals surface area (Å²) in [7, 11) is 0. The summed E-state index contributed by atoms with van der Waals surface area (Å²) in [5.74, 6) is 0.821. The van der Waals surface area contributed by atoms with E-state index in [1.54, 1.807) is 0 Å². The molecule has 0 radical (unpaired) electrons. The van der Waals surface area contributed by atoms with E-state index in [9.17, 15) is 5.11 Å². The zero-order valence-corrected chi connectivity index (χ0v) is 16.0. The highest BCUT2D eigenvalue weighted by Crippen LogP contribution is 2.26. The van der Waals surface area contributed by atoms with E-state index in [2.05, 4.69) is 41.0 Å². The van der Waals surface area contributed by atoms with Gasteiger partial charge >= 0.3 is 0 Å². The van der Waals surface area contributed by atoms with Crippen molar-refractivity contribution in [3.05, 3.63) is 35.4 Å². The van der Waals surface area contributed by atoms with E-state index in [4.69, 9.17) is 0 Å². The second-order valence-electron chi connectivity index (χ2n) is 8.12. The molecule has 0 aromatic heterocycles. The summed E-state index contributed by atoms with van der Waals surface area (Å²) in [6.07, 6.45) is 9.26. The minimum absolute atomic E-state index is 0.311. The molecule has 2 fully saturated rings.